The molecule has 2 N–H and O–H groups in total. The van der Waals surface area contributed by atoms with Crippen molar-refractivity contribution in [3.8, 4) is 5.88 Å². The lowest BCUT2D eigenvalue weighted by atomic mass is 10.1. The smallest absolute Gasteiger partial charge is 0.422 e. The van der Waals surface area contributed by atoms with Crippen molar-refractivity contribution in [3.05, 3.63) is 54.4 Å². The van der Waals surface area contributed by atoms with Crippen LogP contribution in [0.25, 0.3) is 10.9 Å². The van der Waals surface area contributed by atoms with E-state index in [1.54, 1.807) is 0 Å². The maximum Gasteiger partial charge on any atom is 0.422 e. The van der Waals surface area contributed by atoms with E-state index >= 15 is 0 Å². The molecular weight excluding hydrogens is 335 g/mol. The second-order valence-electron chi connectivity index (χ2n) is 5.41. The van der Waals surface area contributed by atoms with Gasteiger partial charge in [0, 0.05) is 17.8 Å². The topological polar surface area (TPSA) is 67.0 Å². The number of hydrogen-bond donors (Lipinski definition) is 2. The molecule has 0 aliphatic heterocycles. The first-order chi connectivity index (χ1) is 11.9. The molecule has 0 saturated heterocycles. The molecule has 1 amide bonds. The average molecular weight is 349 g/mol. The molecule has 130 valence electrons. The molecule has 5 nitrogen and oxygen atoms in total. The highest BCUT2D eigenvalue weighted by molar-refractivity contribution is 5.93. The number of aromatic nitrogens is 2. The van der Waals surface area contributed by atoms with Gasteiger partial charge in [0.15, 0.2) is 6.61 Å². The van der Waals surface area contributed by atoms with E-state index in [1.807, 2.05) is 30.5 Å². The first kappa shape index (κ1) is 16.8. The summed E-state index contributed by atoms with van der Waals surface area (Å²) in [5.74, 6) is -0.408. The molecule has 8 heteroatoms. The summed E-state index contributed by atoms with van der Waals surface area (Å²) in [6, 6.07) is 10.3. The Morgan fingerprint density at radius 3 is 2.76 bits per heavy atom. The molecule has 2 heterocycles. The highest BCUT2D eigenvalue weighted by Crippen LogP contribution is 2.18. The van der Waals surface area contributed by atoms with Crippen LogP contribution in [0.4, 0.5) is 18.9 Å². The molecule has 0 spiro atoms. The maximum absolute atomic E-state index is 12.1. The molecule has 0 atom stereocenters. The van der Waals surface area contributed by atoms with Gasteiger partial charge in [-0.1, -0.05) is 6.07 Å². The number of nitrogens with zero attached hydrogens (tertiary/aromatic N) is 1. The number of rotatable bonds is 5. The zero-order valence-electron chi connectivity index (χ0n) is 12.9. The Kier molecular flexibility index (Phi) is 4.60. The van der Waals surface area contributed by atoms with Crippen LogP contribution >= 0.6 is 0 Å². The molecule has 25 heavy (non-hydrogen) atoms. The van der Waals surface area contributed by atoms with Crippen molar-refractivity contribution in [2.45, 2.75) is 12.6 Å². The lowest BCUT2D eigenvalue weighted by Crippen LogP contribution is -2.19. The number of carbonyl (C=O) groups excluding carboxylic acids is 1. The van der Waals surface area contributed by atoms with E-state index in [2.05, 4.69) is 20.0 Å². The first-order valence-electron chi connectivity index (χ1n) is 7.40. The van der Waals surface area contributed by atoms with Crippen LogP contribution in [-0.2, 0) is 11.2 Å². The number of anilines is 1. The molecule has 0 aliphatic rings. The molecule has 0 fully saturated rings. The van der Waals surface area contributed by atoms with Gasteiger partial charge in [0.05, 0.1) is 18.3 Å². The predicted octanol–water partition coefficient (Wildman–Crippen LogP) is 3.69. The second kappa shape index (κ2) is 6.84. The van der Waals surface area contributed by atoms with Crippen LogP contribution in [0.2, 0.25) is 0 Å². The van der Waals surface area contributed by atoms with Crippen molar-refractivity contribution < 1.29 is 22.7 Å². The molecule has 1 aromatic carbocycles. The van der Waals surface area contributed by atoms with Crippen LogP contribution in [0.1, 0.15) is 5.56 Å². The summed E-state index contributed by atoms with van der Waals surface area (Å²) < 4.78 is 40.7. The fourth-order valence-corrected chi connectivity index (χ4v) is 2.30. The minimum atomic E-state index is -4.42. The lowest BCUT2D eigenvalue weighted by Gasteiger charge is -2.09. The number of alkyl halides is 3. The van der Waals surface area contributed by atoms with E-state index in [-0.39, 0.29) is 18.2 Å². The fourth-order valence-electron chi connectivity index (χ4n) is 2.30. The lowest BCUT2D eigenvalue weighted by molar-refractivity contribution is -0.154. The third-order valence-corrected chi connectivity index (χ3v) is 3.39. The fraction of sp³-hybridized carbons (Fsp3) is 0.176. The summed E-state index contributed by atoms with van der Waals surface area (Å²) in [5.41, 5.74) is 2.22. The van der Waals surface area contributed by atoms with Gasteiger partial charge in [0.2, 0.25) is 11.8 Å². The van der Waals surface area contributed by atoms with Gasteiger partial charge < -0.3 is 15.0 Å². The van der Waals surface area contributed by atoms with E-state index in [1.165, 1.54) is 18.3 Å². The minimum Gasteiger partial charge on any atom is -0.468 e. The van der Waals surface area contributed by atoms with Crippen molar-refractivity contribution in [1.29, 1.82) is 0 Å². The van der Waals surface area contributed by atoms with Crippen LogP contribution in [-0.4, -0.2) is 28.7 Å². The van der Waals surface area contributed by atoms with Crippen molar-refractivity contribution in [2.75, 3.05) is 11.9 Å². The van der Waals surface area contributed by atoms with Crippen LogP contribution < -0.4 is 10.1 Å². The van der Waals surface area contributed by atoms with Crippen LogP contribution in [0.15, 0.2) is 48.8 Å². The Bertz CT molecular complexity index is 873. The maximum atomic E-state index is 12.1. The van der Waals surface area contributed by atoms with Crippen LogP contribution in [0.5, 0.6) is 5.88 Å². The molecule has 0 saturated carbocycles. The number of ether oxygens (including phenoxy) is 1. The van der Waals surface area contributed by atoms with Gasteiger partial charge in [-0.2, -0.15) is 13.2 Å². The SMILES string of the molecule is O=C(Cc1ccc2[nH]ccc2c1)Nc1ccc(OCC(F)(F)F)nc1. The van der Waals surface area contributed by atoms with E-state index in [0.717, 1.165) is 16.5 Å². The molecule has 2 aromatic heterocycles. The Labute approximate surface area is 140 Å². The molecule has 0 bridgehead atoms. The van der Waals surface area contributed by atoms with Crippen molar-refractivity contribution in [2.24, 2.45) is 0 Å². The van der Waals surface area contributed by atoms with Gasteiger partial charge >= 0.3 is 6.18 Å². The van der Waals surface area contributed by atoms with E-state index < -0.39 is 12.8 Å². The Morgan fingerprint density at radius 1 is 1.20 bits per heavy atom. The third kappa shape index (κ3) is 4.72. The minimum absolute atomic E-state index is 0.159. The highest BCUT2D eigenvalue weighted by atomic mass is 19.4. The summed E-state index contributed by atoms with van der Waals surface area (Å²) in [4.78, 5) is 18.9. The average Bonchev–Trinajstić information content (AvgIpc) is 3.01. The normalized spacial score (nSPS) is 11.5. The largest absolute Gasteiger partial charge is 0.468 e. The second-order valence-corrected chi connectivity index (χ2v) is 5.41. The van der Waals surface area contributed by atoms with Crippen LogP contribution in [0, 0.1) is 0 Å². The van der Waals surface area contributed by atoms with Gasteiger partial charge in [-0.25, -0.2) is 4.98 Å². The van der Waals surface area contributed by atoms with Gasteiger partial charge in [0.25, 0.3) is 0 Å². The molecule has 3 rings (SSSR count). The Balaban J connectivity index is 1.57. The molecular formula is C17H14F3N3O2. The van der Waals surface area contributed by atoms with Crippen molar-refractivity contribution >= 4 is 22.5 Å². The molecule has 0 radical (unpaired) electrons. The number of nitrogens with one attached hydrogen (secondary N) is 2. The van der Waals surface area contributed by atoms with Gasteiger partial charge in [-0.05, 0) is 35.2 Å². The third-order valence-electron chi connectivity index (χ3n) is 3.39. The monoisotopic (exact) mass is 349 g/mol. The molecule has 0 aliphatic carbocycles. The van der Waals surface area contributed by atoms with E-state index in [9.17, 15) is 18.0 Å². The Morgan fingerprint density at radius 2 is 2.04 bits per heavy atom. The van der Waals surface area contributed by atoms with E-state index in [4.69, 9.17) is 0 Å². The van der Waals surface area contributed by atoms with Crippen molar-refractivity contribution in [3.63, 3.8) is 0 Å². The number of pyridine rings is 1. The summed E-state index contributed by atoms with van der Waals surface area (Å²) in [6.45, 7) is -1.41. The zero-order valence-corrected chi connectivity index (χ0v) is 12.9. The number of aromatic amines is 1. The molecule has 3 aromatic rings. The number of hydrogen-bond acceptors (Lipinski definition) is 3. The summed E-state index contributed by atoms with van der Waals surface area (Å²) in [6.07, 6.45) is -1.18. The van der Waals surface area contributed by atoms with Gasteiger partial charge in [-0.15, -0.1) is 0 Å². The van der Waals surface area contributed by atoms with Gasteiger partial charge in [0.1, 0.15) is 0 Å². The summed E-state index contributed by atoms with van der Waals surface area (Å²) in [5, 5.41) is 3.66. The number of carbonyl (C=O) groups is 1. The zero-order chi connectivity index (χ0) is 17.9. The standard InChI is InChI=1S/C17H14F3N3O2/c18-17(19,20)10-25-16-4-2-13(9-22-16)23-15(24)8-11-1-3-14-12(7-11)5-6-21-14/h1-7,9,21H,8,10H2,(H,23,24). The van der Waals surface area contributed by atoms with E-state index in [0.29, 0.717) is 5.69 Å². The number of amides is 1. The quantitative estimate of drug-likeness (QED) is 0.738. The number of benzene rings is 1. The van der Waals surface area contributed by atoms with Gasteiger partial charge in [-0.3, -0.25) is 4.79 Å². The first-order valence-corrected chi connectivity index (χ1v) is 7.40. The molecule has 0 unspecified atom stereocenters. The number of fused-ring (bicyclic) bond motifs is 1. The predicted molar refractivity (Wildman–Crippen MR) is 86.4 cm³/mol. The summed E-state index contributed by atoms with van der Waals surface area (Å²) in [7, 11) is 0. The number of H-pyrrole nitrogens is 1. The van der Waals surface area contributed by atoms with Crippen molar-refractivity contribution in [1.82, 2.24) is 9.97 Å². The number of halogens is 3. The van der Waals surface area contributed by atoms with Crippen LogP contribution in [0.3, 0.4) is 0 Å². The summed E-state index contributed by atoms with van der Waals surface area (Å²) >= 11 is 0. The highest BCUT2D eigenvalue weighted by Gasteiger charge is 2.28. The Hall–Kier alpha value is -3.03.